The summed E-state index contributed by atoms with van der Waals surface area (Å²) in [5, 5.41) is 16.0. The first-order valence-corrected chi connectivity index (χ1v) is 22.3. The highest BCUT2D eigenvalue weighted by molar-refractivity contribution is 6.41. The highest BCUT2D eigenvalue weighted by Gasteiger charge is 2.30. The van der Waals surface area contributed by atoms with Crippen LogP contribution in [0, 0.1) is 0 Å². The number of aromatic nitrogens is 2. The third kappa shape index (κ3) is 4.85. The quantitative estimate of drug-likeness (QED) is 0.164. The number of rotatable bonds is 3. The SMILES string of the molecule is CCC1=C(c2ccc3c4ccccc4n(-c4ccccc4)c3c2)C(n2c3ccc4ccccc4c3c3c4c5ccccc5c5ccccc5c4ccc32)=Nc2c(oc3ccccc23)C1. The Kier molecular flexibility index (Phi) is 7.41. The molecule has 1 aliphatic heterocycles. The molecule has 0 spiro atoms. The molecule has 4 heterocycles. The van der Waals surface area contributed by atoms with Gasteiger partial charge in [0.1, 0.15) is 22.9 Å². The van der Waals surface area contributed by atoms with Crippen molar-refractivity contribution in [2.75, 3.05) is 0 Å². The van der Waals surface area contributed by atoms with E-state index in [1.54, 1.807) is 0 Å². The molecule has 0 amide bonds. The molecule has 0 fully saturated rings. The number of allylic oxidation sites excluding steroid dienone is 2. The van der Waals surface area contributed by atoms with Crippen molar-refractivity contribution < 1.29 is 4.42 Å². The molecule has 0 saturated heterocycles. The molecule has 10 aromatic carbocycles. The fourth-order valence-corrected chi connectivity index (χ4v) is 11.2. The minimum Gasteiger partial charge on any atom is -0.458 e. The van der Waals surface area contributed by atoms with E-state index >= 15 is 0 Å². The van der Waals surface area contributed by atoms with Crippen molar-refractivity contribution in [2.24, 2.45) is 4.99 Å². The molecular formula is C60H39N3O. The molecule has 14 rings (SSSR count). The molecule has 0 radical (unpaired) electrons. The van der Waals surface area contributed by atoms with Crippen LogP contribution in [0.1, 0.15) is 24.7 Å². The first-order chi connectivity index (χ1) is 31.7. The number of hydrogen-bond donors (Lipinski definition) is 0. The Balaban J connectivity index is 1.17. The largest absolute Gasteiger partial charge is 0.458 e. The van der Waals surface area contributed by atoms with Crippen LogP contribution in [-0.2, 0) is 6.42 Å². The van der Waals surface area contributed by atoms with Crippen molar-refractivity contribution in [1.82, 2.24) is 9.13 Å². The van der Waals surface area contributed by atoms with Crippen LogP contribution >= 0.6 is 0 Å². The van der Waals surface area contributed by atoms with E-state index in [4.69, 9.17) is 9.41 Å². The zero-order valence-corrected chi connectivity index (χ0v) is 35.1. The number of benzene rings is 10. The van der Waals surface area contributed by atoms with Gasteiger partial charge in [-0.3, -0.25) is 4.57 Å². The van der Waals surface area contributed by atoms with E-state index in [1.165, 1.54) is 75.7 Å². The molecule has 0 saturated carbocycles. The summed E-state index contributed by atoms with van der Waals surface area (Å²) in [6, 6.07) is 71.0. The average molecular weight is 818 g/mol. The Bertz CT molecular complexity index is 4160. The van der Waals surface area contributed by atoms with Crippen LogP contribution in [0.4, 0.5) is 5.69 Å². The summed E-state index contributed by atoms with van der Waals surface area (Å²) in [6.07, 6.45) is 1.48. The maximum Gasteiger partial charge on any atom is 0.146 e. The zero-order valence-electron chi connectivity index (χ0n) is 35.1. The first kappa shape index (κ1) is 35.4. The maximum absolute atomic E-state index is 6.76. The number of nitrogens with zero attached hydrogens (tertiary/aromatic N) is 3. The normalized spacial score (nSPS) is 13.4. The van der Waals surface area contributed by atoms with Crippen LogP contribution < -0.4 is 0 Å². The molecule has 300 valence electrons. The Labute approximate surface area is 368 Å². The van der Waals surface area contributed by atoms with Gasteiger partial charge in [-0.05, 0) is 98.2 Å². The molecule has 0 unspecified atom stereocenters. The van der Waals surface area contributed by atoms with E-state index in [0.29, 0.717) is 6.42 Å². The standard InChI is InChI=1S/C60H39N3O/c1-2-36-35-54-59(48-25-13-15-27-53(48)64-54)61-60(55(36)38-28-30-45-44-23-12-14-26-49(44)62(52(45)34-38)39-17-4-3-5-18-39)63-50-32-29-37-16-6-7-19-40(37)57(50)58-51(63)33-31-47-43-22-9-8-20-41(43)42-21-10-11-24-46(42)56(47)58/h3-34H,2,35H2,1H3. The van der Waals surface area contributed by atoms with Crippen molar-refractivity contribution in [2.45, 2.75) is 19.8 Å². The van der Waals surface area contributed by atoms with E-state index in [9.17, 15) is 0 Å². The van der Waals surface area contributed by atoms with Crippen molar-refractivity contribution in [3.8, 4) is 5.69 Å². The van der Waals surface area contributed by atoms with Crippen LogP contribution in [-0.4, -0.2) is 15.0 Å². The fraction of sp³-hybridized carbons (Fsp3) is 0.0500. The molecule has 4 heteroatoms. The van der Waals surface area contributed by atoms with E-state index in [-0.39, 0.29) is 0 Å². The Morgan fingerprint density at radius 2 is 1.05 bits per heavy atom. The number of fused-ring (bicyclic) bond motifs is 18. The van der Waals surface area contributed by atoms with Gasteiger partial charge in [0, 0.05) is 50.0 Å². The lowest BCUT2D eigenvalue weighted by Gasteiger charge is -2.19. The van der Waals surface area contributed by atoms with Crippen LogP contribution in [0.5, 0.6) is 0 Å². The number of furan rings is 1. The minimum absolute atomic E-state index is 0.655. The molecule has 0 aliphatic carbocycles. The van der Waals surface area contributed by atoms with Crippen LogP contribution in [0.2, 0.25) is 0 Å². The Morgan fingerprint density at radius 1 is 0.453 bits per heavy atom. The minimum atomic E-state index is 0.655. The van der Waals surface area contributed by atoms with Gasteiger partial charge >= 0.3 is 0 Å². The monoisotopic (exact) mass is 817 g/mol. The Morgan fingerprint density at radius 3 is 1.84 bits per heavy atom. The second-order valence-electron chi connectivity index (χ2n) is 17.2. The predicted molar refractivity (Wildman–Crippen MR) is 270 cm³/mol. The molecule has 0 atom stereocenters. The summed E-state index contributed by atoms with van der Waals surface area (Å²) >= 11 is 0. The first-order valence-electron chi connectivity index (χ1n) is 22.3. The lowest BCUT2D eigenvalue weighted by molar-refractivity contribution is 0.561. The van der Waals surface area contributed by atoms with Gasteiger partial charge < -0.3 is 8.98 Å². The fourth-order valence-electron chi connectivity index (χ4n) is 11.2. The third-order valence-corrected chi connectivity index (χ3v) is 13.9. The van der Waals surface area contributed by atoms with Gasteiger partial charge in [-0.15, -0.1) is 0 Å². The molecular weight excluding hydrogens is 779 g/mol. The highest BCUT2D eigenvalue weighted by Crippen LogP contribution is 2.48. The van der Waals surface area contributed by atoms with Gasteiger partial charge in [0.25, 0.3) is 0 Å². The van der Waals surface area contributed by atoms with Crippen LogP contribution in [0.3, 0.4) is 0 Å². The number of para-hydroxylation sites is 3. The van der Waals surface area contributed by atoms with Gasteiger partial charge in [0.15, 0.2) is 0 Å². The van der Waals surface area contributed by atoms with Gasteiger partial charge in [-0.25, -0.2) is 4.99 Å². The van der Waals surface area contributed by atoms with Gasteiger partial charge in [0.2, 0.25) is 0 Å². The van der Waals surface area contributed by atoms with Gasteiger partial charge in [0.05, 0.1) is 22.1 Å². The lowest BCUT2D eigenvalue weighted by atomic mass is 9.91. The predicted octanol–water partition coefficient (Wildman–Crippen LogP) is 16.2. The van der Waals surface area contributed by atoms with Crippen molar-refractivity contribution in [1.29, 1.82) is 0 Å². The molecule has 0 bridgehead atoms. The summed E-state index contributed by atoms with van der Waals surface area (Å²) < 4.78 is 11.7. The third-order valence-electron chi connectivity index (χ3n) is 13.9. The van der Waals surface area contributed by atoms with Crippen LogP contribution in [0.25, 0.3) is 109 Å². The Hall–Kier alpha value is -8.21. The number of hydrogen-bond acceptors (Lipinski definition) is 2. The maximum atomic E-state index is 6.76. The molecule has 3 aromatic heterocycles. The molecule has 64 heavy (non-hydrogen) atoms. The summed E-state index contributed by atoms with van der Waals surface area (Å²) in [5.41, 5.74) is 11.1. The van der Waals surface area contributed by atoms with E-state index in [2.05, 4.69) is 210 Å². The lowest BCUT2D eigenvalue weighted by Crippen LogP contribution is -2.15. The second kappa shape index (κ2) is 13.4. The van der Waals surface area contributed by atoms with Crippen molar-refractivity contribution in [3.63, 3.8) is 0 Å². The summed E-state index contributed by atoms with van der Waals surface area (Å²) in [6.45, 7) is 2.28. The smallest absolute Gasteiger partial charge is 0.146 e. The van der Waals surface area contributed by atoms with Gasteiger partial charge in [-0.2, -0.15) is 0 Å². The van der Waals surface area contributed by atoms with Crippen molar-refractivity contribution in [3.05, 3.63) is 211 Å². The van der Waals surface area contributed by atoms with E-state index < -0.39 is 0 Å². The zero-order chi connectivity index (χ0) is 42.0. The number of aliphatic imine (C=N–C) groups is 1. The molecule has 13 aromatic rings. The second-order valence-corrected chi connectivity index (χ2v) is 17.2. The van der Waals surface area contributed by atoms with Crippen LogP contribution in [0.15, 0.2) is 209 Å². The summed E-state index contributed by atoms with van der Waals surface area (Å²) in [5.74, 6) is 1.81. The average Bonchev–Trinajstić information content (AvgIpc) is 3.96. The van der Waals surface area contributed by atoms with E-state index in [0.717, 1.165) is 68.0 Å². The van der Waals surface area contributed by atoms with Gasteiger partial charge in [-0.1, -0.05) is 158 Å². The van der Waals surface area contributed by atoms with Crippen molar-refractivity contribution >= 4 is 115 Å². The topological polar surface area (TPSA) is 35.4 Å². The molecule has 1 aliphatic rings. The highest BCUT2D eigenvalue weighted by atomic mass is 16.3. The summed E-state index contributed by atoms with van der Waals surface area (Å²) in [4.78, 5) is 5.92. The molecule has 0 N–H and O–H groups in total. The summed E-state index contributed by atoms with van der Waals surface area (Å²) in [7, 11) is 0. The molecule has 4 nitrogen and oxygen atoms in total. The van der Waals surface area contributed by atoms with E-state index in [1.807, 2.05) is 0 Å².